The highest BCUT2D eigenvalue weighted by molar-refractivity contribution is 6.05. The summed E-state index contributed by atoms with van der Waals surface area (Å²) in [6, 6.07) is 11.8. The van der Waals surface area contributed by atoms with Crippen LogP contribution in [0.1, 0.15) is 30.4 Å². The van der Waals surface area contributed by atoms with E-state index in [9.17, 15) is 14.0 Å². The van der Waals surface area contributed by atoms with Gasteiger partial charge in [0.05, 0.1) is 26.7 Å². The van der Waals surface area contributed by atoms with E-state index in [1.807, 2.05) is 18.2 Å². The highest BCUT2D eigenvalue weighted by Gasteiger charge is 2.45. The number of likely N-dealkylation sites (tertiary alicyclic amines) is 1. The van der Waals surface area contributed by atoms with Crippen LogP contribution in [0.2, 0.25) is 0 Å². The number of methoxy groups -OCH3 is 2. The second-order valence-electron chi connectivity index (χ2n) is 8.07. The van der Waals surface area contributed by atoms with Crippen molar-refractivity contribution in [3.8, 4) is 11.5 Å². The lowest BCUT2D eigenvalue weighted by Gasteiger charge is -2.27. The number of ether oxygens (including phenoxy) is 2. The Labute approximate surface area is 181 Å². The molecule has 1 aliphatic carbocycles. The number of imide groups is 1. The third-order valence-corrected chi connectivity index (χ3v) is 5.99. The normalized spacial score (nSPS) is 18.7. The zero-order chi connectivity index (χ0) is 22.0. The molecule has 4 rings (SSSR count). The van der Waals surface area contributed by atoms with E-state index in [-0.39, 0.29) is 24.1 Å². The molecule has 0 radical (unpaired) electrons. The van der Waals surface area contributed by atoms with Gasteiger partial charge in [0.15, 0.2) is 11.5 Å². The molecule has 0 unspecified atom stereocenters. The van der Waals surface area contributed by atoms with Crippen LogP contribution >= 0.6 is 0 Å². The first kappa shape index (κ1) is 21.3. The van der Waals surface area contributed by atoms with Crippen molar-refractivity contribution in [2.75, 3.05) is 20.8 Å². The van der Waals surface area contributed by atoms with Crippen LogP contribution in [0.4, 0.5) is 4.39 Å². The van der Waals surface area contributed by atoms with Gasteiger partial charge >= 0.3 is 0 Å². The first-order valence-corrected chi connectivity index (χ1v) is 10.6. The molecule has 0 spiro atoms. The highest BCUT2D eigenvalue weighted by Crippen LogP contribution is 2.34. The monoisotopic (exact) mass is 426 g/mol. The molecule has 31 heavy (non-hydrogen) atoms. The lowest BCUT2D eigenvalue weighted by atomic mass is 10.1. The number of benzene rings is 2. The average molecular weight is 426 g/mol. The molecule has 7 heteroatoms. The van der Waals surface area contributed by atoms with E-state index in [4.69, 9.17) is 9.47 Å². The second-order valence-corrected chi connectivity index (χ2v) is 8.07. The minimum absolute atomic E-state index is 0.139. The molecule has 1 saturated carbocycles. The number of carbonyl (C=O) groups excluding carboxylic acids is 2. The lowest BCUT2D eigenvalue weighted by Crippen LogP contribution is -2.43. The Hall–Kier alpha value is -2.93. The van der Waals surface area contributed by atoms with E-state index in [2.05, 4.69) is 4.90 Å². The number of rotatable bonds is 9. The van der Waals surface area contributed by atoms with Gasteiger partial charge in [-0.05, 0) is 54.7 Å². The standard InChI is InChI=1S/C24H27FN2O4/c1-30-21-10-5-16(13-22(21)31-2)11-12-26-23(28)14-20(24(26)29)27(19-8-9-19)15-17-3-6-18(25)7-4-17/h3-7,10,13,19-20H,8-9,11-12,14-15H2,1-2H3/t20-/m0/s1. The summed E-state index contributed by atoms with van der Waals surface area (Å²) in [5.41, 5.74) is 1.91. The van der Waals surface area contributed by atoms with E-state index in [0.717, 1.165) is 24.0 Å². The number of halogens is 1. The van der Waals surface area contributed by atoms with Crippen LogP contribution in [0.5, 0.6) is 11.5 Å². The molecule has 2 aliphatic rings. The fourth-order valence-electron chi connectivity index (χ4n) is 4.14. The lowest BCUT2D eigenvalue weighted by molar-refractivity contribution is -0.139. The van der Waals surface area contributed by atoms with E-state index in [0.29, 0.717) is 37.1 Å². The van der Waals surface area contributed by atoms with Gasteiger partial charge in [0.2, 0.25) is 11.8 Å². The third-order valence-electron chi connectivity index (χ3n) is 5.99. The average Bonchev–Trinajstić information content (AvgIpc) is 3.58. The number of carbonyl (C=O) groups is 2. The highest BCUT2D eigenvalue weighted by atomic mass is 19.1. The van der Waals surface area contributed by atoms with Crippen molar-refractivity contribution in [3.05, 3.63) is 59.4 Å². The number of hydrogen-bond acceptors (Lipinski definition) is 5. The zero-order valence-corrected chi connectivity index (χ0v) is 17.8. The van der Waals surface area contributed by atoms with E-state index in [1.165, 1.54) is 17.0 Å². The maximum atomic E-state index is 13.2. The molecule has 0 aromatic heterocycles. The Kier molecular flexibility index (Phi) is 6.23. The van der Waals surface area contributed by atoms with Crippen LogP contribution in [-0.2, 0) is 22.6 Å². The molecule has 0 bridgehead atoms. The first-order chi connectivity index (χ1) is 15.0. The third kappa shape index (κ3) is 4.71. The number of hydrogen-bond donors (Lipinski definition) is 0. The van der Waals surface area contributed by atoms with Crippen molar-refractivity contribution in [2.45, 2.75) is 44.3 Å². The second kappa shape index (κ2) is 9.06. The summed E-state index contributed by atoms with van der Waals surface area (Å²) < 4.78 is 23.8. The minimum Gasteiger partial charge on any atom is -0.493 e. The summed E-state index contributed by atoms with van der Waals surface area (Å²) in [6.45, 7) is 0.872. The van der Waals surface area contributed by atoms with Gasteiger partial charge in [-0.2, -0.15) is 0 Å². The number of amides is 2. The Morgan fingerprint density at radius 1 is 1.00 bits per heavy atom. The van der Waals surface area contributed by atoms with Crippen molar-refractivity contribution in [1.29, 1.82) is 0 Å². The summed E-state index contributed by atoms with van der Waals surface area (Å²) in [5, 5.41) is 0. The summed E-state index contributed by atoms with van der Waals surface area (Å²) in [6.07, 6.45) is 2.78. The zero-order valence-electron chi connectivity index (χ0n) is 17.8. The predicted molar refractivity (Wildman–Crippen MR) is 113 cm³/mol. The molecule has 1 aliphatic heterocycles. The summed E-state index contributed by atoms with van der Waals surface area (Å²) in [7, 11) is 3.16. The van der Waals surface area contributed by atoms with Gasteiger partial charge < -0.3 is 9.47 Å². The van der Waals surface area contributed by atoms with Gasteiger partial charge in [-0.3, -0.25) is 19.4 Å². The van der Waals surface area contributed by atoms with E-state index >= 15 is 0 Å². The van der Waals surface area contributed by atoms with Gasteiger partial charge in [-0.1, -0.05) is 18.2 Å². The predicted octanol–water partition coefficient (Wildman–Crippen LogP) is 3.18. The van der Waals surface area contributed by atoms with Gasteiger partial charge in [0.1, 0.15) is 5.82 Å². The van der Waals surface area contributed by atoms with Crippen LogP contribution in [0, 0.1) is 5.82 Å². The van der Waals surface area contributed by atoms with Crippen molar-refractivity contribution in [2.24, 2.45) is 0 Å². The molecular weight excluding hydrogens is 399 g/mol. The van der Waals surface area contributed by atoms with E-state index in [1.54, 1.807) is 26.4 Å². The fourth-order valence-corrected chi connectivity index (χ4v) is 4.14. The van der Waals surface area contributed by atoms with Crippen LogP contribution in [-0.4, -0.2) is 54.5 Å². The Morgan fingerprint density at radius 3 is 2.32 bits per heavy atom. The molecule has 1 atom stereocenters. The van der Waals surface area contributed by atoms with Crippen LogP contribution in [0.3, 0.4) is 0 Å². The van der Waals surface area contributed by atoms with Gasteiger partial charge in [-0.25, -0.2) is 4.39 Å². The maximum Gasteiger partial charge on any atom is 0.247 e. The molecule has 0 N–H and O–H groups in total. The molecule has 1 heterocycles. The Balaban J connectivity index is 1.43. The molecule has 2 aromatic carbocycles. The molecular formula is C24H27FN2O4. The minimum atomic E-state index is -0.449. The Morgan fingerprint density at radius 2 is 1.68 bits per heavy atom. The van der Waals surface area contributed by atoms with Gasteiger partial charge in [0.25, 0.3) is 0 Å². The Bertz CT molecular complexity index is 959. The van der Waals surface area contributed by atoms with Crippen molar-refractivity contribution >= 4 is 11.8 Å². The molecule has 2 amide bonds. The largest absolute Gasteiger partial charge is 0.493 e. The van der Waals surface area contributed by atoms with Crippen LogP contribution < -0.4 is 9.47 Å². The topological polar surface area (TPSA) is 59.1 Å². The quantitative estimate of drug-likeness (QED) is 0.577. The molecule has 1 saturated heterocycles. The summed E-state index contributed by atoms with van der Waals surface area (Å²) in [4.78, 5) is 29.3. The van der Waals surface area contributed by atoms with Crippen molar-refractivity contribution in [3.63, 3.8) is 0 Å². The van der Waals surface area contributed by atoms with E-state index < -0.39 is 6.04 Å². The molecule has 6 nitrogen and oxygen atoms in total. The number of nitrogens with zero attached hydrogens (tertiary/aromatic N) is 2. The van der Waals surface area contributed by atoms with Crippen LogP contribution in [0.15, 0.2) is 42.5 Å². The molecule has 2 aromatic rings. The van der Waals surface area contributed by atoms with Crippen molar-refractivity contribution in [1.82, 2.24) is 9.80 Å². The van der Waals surface area contributed by atoms with Crippen LogP contribution in [0.25, 0.3) is 0 Å². The molecule has 164 valence electrons. The van der Waals surface area contributed by atoms with Crippen molar-refractivity contribution < 1.29 is 23.5 Å². The van der Waals surface area contributed by atoms with Gasteiger partial charge in [0, 0.05) is 19.1 Å². The first-order valence-electron chi connectivity index (χ1n) is 10.6. The fraction of sp³-hybridized carbons (Fsp3) is 0.417. The SMILES string of the molecule is COc1ccc(CCN2C(=O)C[C@H](N(Cc3ccc(F)cc3)C3CC3)C2=O)cc1OC. The summed E-state index contributed by atoms with van der Waals surface area (Å²) >= 11 is 0. The summed E-state index contributed by atoms with van der Waals surface area (Å²) in [5.74, 6) is 0.701. The maximum absolute atomic E-state index is 13.2. The smallest absolute Gasteiger partial charge is 0.247 e. The molecule has 2 fully saturated rings. The van der Waals surface area contributed by atoms with Gasteiger partial charge in [-0.15, -0.1) is 0 Å².